The quantitative estimate of drug-likeness (QED) is 0.163. The van der Waals surface area contributed by atoms with Crippen molar-refractivity contribution in [3.63, 3.8) is 0 Å². The van der Waals surface area contributed by atoms with E-state index in [1.807, 2.05) is 18.2 Å². The lowest BCUT2D eigenvalue weighted by Gasteiger charge is -2.38. The Morgan fingerprint density at radius 3 is 2.42 bits per heavy atom. The lowest BCUT2D eigenvalue weighted by atomic mass is 10.2. The average Bonchev–Trinajstić information content (AvgIpc) is 2.95. The first kappa shape index (κ1) is 32.3. The highest BCUT2D eigenvalue weighted by Crippen LogP contribution is 2.41. The van der Waals surface area contributed by atoms with E-state index < -0.39 is 8.07 Å². The van der Waals surface area contributed by atoms with Gasteiger partial charge >= 0.3 is 0 Å². The van der Waals surface area contributed by atoms with E-state index in [1.54, 1.807) is 24.4 Å². The number of aromatic amines is 1. The van der Waals surface area contributed by atoms with Gasteiger partial charge in [0.15, 0.2) is 0 Å². The van der Waals surface area contributed by atoms with Crippen LogP contribution in [0.2, 0.25) is 16.6 Å². The molecule has 0 bridgehead atoms. The van der Waals surface area contributed by atoms with Crippen molar-refractivity contribution >= 4 is 36.4 Å². The number of aliphatic hydroxyl groups is 1. The van der Waals surface area contributed by atoms with Gasteiger partial charge < -0.3 is 29.9 Å². The minimum Gasteiger partial charge on any atom is -0.487 e. The molecule has 3 N–H and O–H groups in total. The molecule has 0 atom stereocenters. The van der Waals surface area contributed by atoms with Crippen molar-refractivity contribution in [2.24, 2.45) is 0 Å². The number of benzene rings is 1. The topological polar surface area (TPSA) is 107 Å². The number of fused-ring (bicyclic) bond motifs is 1. The molecule has 1 fully saturated rings. The number of nitrogens with zero attached hydrogens (tertiary/aromatic N) is 4. The molecule has 1 aromatic carbocycles. The Labute approximate surface area is 256 Å². The van der Waals surface area contributed by atoms with Crippen LogP contribution in [0.1, 0.15) is 47.1 Å². The molecule has 230 valence electrons. The zero-order valence-corrected chi connectivity index (χ0v) is 27.6. The molecular weight excluding hydrogens is 556 g/mol. The van der Waals surface area contributed by atoms with Crippen LogP contribution in [0.3, 0.4) is 0 Å². The number of aromatic nitrogens is 3. The number of H-pyrrole nitrogens is 1. The number of hydrogen-bond acceptors (Lipinski definition) is 8. The molecule has 0 radical (unpaired) electrons. The number of ether oxygens (including phenoxy) is 1. The highest BCUT2D eigenvalue weighted by molar-refractivity contribution is 6.90. The van der Waals surface area contributed by atoms with Crippen LogP contribution in [-0.4, -0.2) is 79.5 Å². The standard InChI is InChI=1S/C33H46N6O3Si/c1-23(2)43(24(3)4,25(5)6)19-12-26-20-31(41)36-32-28(26)22-34-33(37-32)35-27-10-11-29(39-15-13-38(7)14-16-39)30(21-27)42-18-9-8-17-40/h8-11,20-25,40H,13-18H2,1-7H3,(H2,34,35,36,37,41)/b9-8-. The third-order valence-corrected chi connectivity index (χ3v) is 14.8. The molecule has 1 saturated heterocycles. The van der Waals surface area contributed by atoms with Gasteiger partial charge in [0.2, 0.25) is 5.95 Å². The van der Waals surface area contributed by atoms with Gasteiger partial charge in [0.05, 0.1) is 17.7 Å². The van der Waals surface area contributed by atoms with E-state index in [1.165, 1.54) is 0 Å². The van der Waals surface area contributed by atoms with Gasteiger partial charge in [-0.3, -0.25) is 4.79 Å². The molecule has 1 aliphatic rings. The number of aliphatic hydroxyl groups excluding tert-OH is 1. The summed E-state index contributed by atoms with van der Waals surface area (Å²) in [5.74, 6) is 4.50. The number of nitrogens with one attached hydrogen (secondary N) is 2. The summed E-state index contributed by atoms with van der Waals surface area (Å²) >= 11 is 0. The number of hydrogen-bond donors (Lipinski definition) is 3. The number of likely N-dealkylation sites (N-methyl/N-ethyl adjacent to an activating group) is 1. The normalized spacial score (nSPS) is 14.6. The Morgan fingerprint density at radius 1 is 1.07 bits per heavy atom. The third-order valence-electron chi connectivity index (χ3n) is 8.54. The smallest absolute Gasteiger partial charge is 0.250 e. The highest BCUT2D eigenvalue weighted by atomic mass is 28.3. The summed E-state index contributed by atoms with van der Waals surface area (Å²) < 4.78 is 6.11. The molecule has 9 nitrogen and oxygen atoms in total. The van der Waals surface area contributed by atoms with Gasteiger partial charge in [-0.05, 0) is 41.9 Å². The Morgan fingerprint density at radius 2 is 1.77 bits per heavy atom. The van der Waals surface area contributed by atoms with Gasteiger partial charge in [-0.15, -0.1) is 5.54 Å². The van der Waals surface area contributed by atoms with Crippen molar-refractivity contribution in [2.75, 3.05) is 56.7 Å². The molecule has 0 saturated carbocycles. The van der Waals surface area contributed by atoms with Crippen LogP contribution in [0.4, 0.5) is 17.3 Å². The zero-order valence-electron chi connectivity index (χ0n) is 26.6. The van der Waals surface area contributed by atoms with Gasteiger partial charge in [0.1, 0.15) is 26.1 Å². The molecule has 0 spiro atoms. The Balaban J connectivity index is 1.65. The lowest BCUT2D eigenvalue weighted by molar-refractivity contribution is 0.309. The minimum atomic E-state index is -1.98. The van der Waals surface area contributed by atoms with Crippen molar-refractivity contribution in [3.05, 3.63) is 58.5 Å². The first-order valence-electron chi connectivity index (χ1n) is 15.2. The predicted molar refractivity (Wildman–Crippen MR) is 179 cm³/mol. The molecule has 2 aromatic heterocycles. The summed E-state index contributed by atoms with van der Waals surface area (Å²) in [5, 5.41) is 13.1. The number of rotatable bonds is 10. The van der Waals surface area contributed by atoms with E-state index in [0.29, 0.717) is 40.4 Å². The maximum absolute atomic E-state index is 12.7. The SMILES string of the molecule is CC(C)[Si](C#Cc1cc(=O)[nH]c2nc(Nc3ccc(N4CCN(C)CC4)c(OC/C=C\CO)c3)ncc12)(C(C)C)C(C)C. The molecule has 0 unspecified atom stereocenters. The number of piperazine rings is 1. The van der Waals surface area contributed by atoms with Crippen LogP contribution >= 0.6 is 0 Å². The van der Waals surface area contributed by atoms with Crippen LogP contribution in [0, 0.1) is 11.5 Å². The van der Waals surface area contributed by atoms with Gasteiger partial charge in [-0.2, -0.15) is 4.98 Å². The zero-order chi connectivity index (χ0) is 31.1. The number of pyridine rings is 1. The predicted octanol–water partition coefficient (Wildman–Crippen LogP) is 5.31. The fraction of sp³-hybridized carbons (Fsp3) is 0.485. The average molecular weight is 603 g/mol. The second-order valence-corrected chi connectivity index (χ2v) is 17.8. The van der Waals surface area contributed by atoms with E-state index in [-0.39, 0.29) is 12.2 Å². The molecule has 3 heterocycles. The minimum absolute atomic E-state index is 0.0268. The van der Waals surface area contributed by atoms with Crippen molar-refractivity contribution in [1.82, 2.24) is 19.9 Å². The molecule has 0 aliphatic carbocycles. The Bertz CT molecular complexity index is 1530. The van der Waals surface area contributed by atoms with Crippen LogP contribution in [0.5, 0.6) is 5.75 Å². The van der Waals surface area contributed by atoms with Crippen molar-refractivity contribution in [2.45, 2.75) is 58.2 Å². The summed E-state index contributed by atoms with van der Waals surface area (Å²) in [6.07, 6.45) is 5.19. The van der Waals surface area contributed by atoms with E-state index in [2.05, 4.69) is 90.1 Å². The fourth-order valence-electron chi connectivity index (χ4n) is 6.23. The van der Waals surface area contributed by atoms with Crippen molar-refractivity contribution in [3.8, 4) is 17.2 Å². The first-order valence-corrected chi connectivity index (χ1v) is 17.4. The van der Waals surface area contributed by atoms with Crippen LogP contribution in [0.15, 0.2) is 47.4 Å². The molecule has 0 amide bonds. The van der Waals surface area contributed by atoms with Gasteiger partial charge in [-0.25, -0.2) is 4.98 Å². The molecule has 3 aromatic rings. The van der Waals surface area contributed by atoms with Gasteiger partial charge in [-0.1, -0.05) is 53.5 Å². The second-order valence-electron chi connectivity index (χ2n) is 12.2. The van der Waals surface area contributed by atoms with Crippen molar-refractivity contribution in [1.29, 1.82) is 0 Å². The Kier molecular flexibility index (Phi) is 10.7. The fourth-order valence-corrected chi connectivity index (χ4v) is 11.5. The maximum Gasteiger partial charge on any atom is 0.250 e. The largest absolute Gasteiger partial charge is 0.487 e. The molecule has 4 rings (SSSR count). The molecule has 1 aliphatic heterocycles. The molecule has 10 heteroatoms. The van der Waals surface area contributed by atoms with Crippen molar-refractivity contribution < 1.29 is 9.84 Å². The van der Waals surface area contributed by atoms with Gasteiger partial charge in [0, 0.05) is 55.8 Å². The van der Waals surface area contributed by atoms with Gasteiger partial charge in [0.25, 0.3) is 5.56 Å². The van der Waals surface area contributed by atoms with E-state index in [4.69, 9.17) is 9.84 Å². The van der Waals surface area contributed by atoms with Crippen LogP contribution in [-0.2, 0) is 0 Å². The summed E-state index contributed by atoms with van der Waals surface area (Å²) in [4.78, 5) is 29.4. The monoisotopic (exact) mass is 602 g/mol. The first-order chi connectivity index (χ1) is 20.5. The Hall–Kier alpha value is -3.65. The molecular formula is C33H46N6O3Si. The lowest BCUT2D eigenvalue weighted by Crippen LogP contribution is -2.44. The maximum atomic E-state index is 12.7. The van der Waals surface area contributed by atoms with Crippen LogP contribution < -0.4 is 20.5 Å². The number of anilines is 3. The van der Waals surface area contributed by atoms with E-state index in [0.717, 1.165) is 48.7 Å². The summed E-state index contributed by atoms with van der Waals surface area (Å²) in [7, 11) is 0.152. The van der Waals surface area contributed by atoms with E-state index in [9.17, 15) is 4.79 Å². The van der Waals surface area contributed by atoms with Crippen LogP contribution in [0.25, 0.3) is 11.0 Å². The van der Waals surface area contributed by atoms with E-state index >= 15 is 0 Å². The summed E-state index contributed by atoms with van der Waals surface area (Å²) in [6, 6.07) is 7.52. The highest BCUT2D eigenvalue weighted by Gasteiger charge is 2.41. The summed E-state index contributed by atoms with van der Waals surface area (Å²) in [5.41, 5.74) is 7.82. The summed E-state index contributed by atoms with van der Waals surface area (Å²) in [6.45, 7) is 17.8. The third kappa shape index (κ3) is 7.47. The molecule has 43 heavy (non-hydrogen) atoms. The second kappa shape index (κ2) is 14.2.